The average Bonchev–Trinajstić information content (AvgIpc) is 3.28. The van der Waals surface area contributed by atoms with Gasteiger partial charge in [0.25, 0.3) is 0 Å². The van der Waals surface area contributed by atoms with E-state index in [2.05, 4.69) is 138 Å². The maximum atomic E-state index is 11.3. The molecule has 1 aromatic heterocycles. The van der Waals surface area contributed by atoms with Gasteiger partial charge >= 0.3 is 0 Å². The fraction of sp³-hybridized carbons (Fsp3) is 0.118. The summed E-state index contributed by atoms with van der Waals surface area (Å²) in [5.74, 6) is 0. The van der Waals surface area contributed by atoms with Gasteiger partial charge < -0.3 is 15.0 Å². The van der Waals surface area contributed by atoms with Crippen LogP contribution >= 0.6 is 0 Å². The van der Waals surface area contributed by atoms with Crippen molar-refractivity contribution in [3.05, 3.63) is 127 Å². The number of aliphatic hydroxyl groups excluding tert-OH is 1. The van der Waals surface area contributed by atoms with Crippen molar-refractivity contribution in [2.24, 2.45) is 0 Å². The van der Waals surface area contributed by atoms with Gasteiger partial charge in [0.2, 0.25) is 0 Å². The predicted octanol–water partition coefficient (Wildman–Crippen LogP) is 7.91. The van der Waals surface area contributed by atoms with E-state index in [1.165, 1.54) is 32.8 Å². The van der Waals surface area contributed by atoms with Gasteiger partial charge in [-0.05, 0) is 35.6 Å². The van der Waals surface area contributed by atoms with Crippen molar-refractivity contribution in [2.45, 2.75) is 19.6 Å². The third-order valence-electron chi connectivity index (χ3n) is 7.04. The number of hydrogen-bond acceptors (Lipinski definition) is 2. The summed E-state index contributed by atoms with van der Waals surface area (Å²) < 4.78 is 2.33. The van der Waals surface area contributed by atoms with Gasteiger partial charge in [-0.25, -0.2) is 0 Å². The maximum absolute atomic E-state index is 11.3. The van der Waals surface area contributed by atoms with Crippen LogP contribution in [0.2, 0.25) is 0 Å². The number of aliphatic hydroxyl groups is 1. The molecule has 3 nitrogen and oxygen atoms in total. The van der Waals surface area contributed by atoms with Crippen molar-refractivity contribution in [2.75, 3.05) is 11.9 Å². The summed E-state index contributed by atoms with van der Waals surface area (Å²) in [7, 11) is 0. The Morgan fingerprint density at radius 3 is 2.05 bits per heavy atom. The molecule has 0 aliphatic carbocycles. The molecule has 0 aliphatic rings. The molecule has 1 atom stereocenters. The number of rotatable bonds is 7. The van der Waals surface area contributed by atoms with E-state index in [0.29, 0.717) is 13.1 Å². The van der Waals surface area contributed by atoms with Crippen LogP contribution in [0.25, 0.3) is 44.1 Å². The molecule has 1 heterocycles. The van der Waals surface area contributed by atoms with Crippen LogP contribution in [-0.4, -0.2) is 22.3 Å². The number of aromatic nitrogens is 1. The van der Waals surface area contributed by atoms with Gasteiger partial charge in [0.15, 0.2) is 0 Å². The molecule has 0 saturated heterocycles. The van der Waals surface area contributed by atoms with E-state index in [-0.39, 0.29) is 0 Å². The zero-order valence-electron chi connectivity index (χ0n) is 20.9. The van der Waals surface area contributed by atoms with Gasteiger partial charge in [0.05, 0.1) is 23.9 Å². The van der Waals surface area contributed by atoms with Crippen LogP contribution in [0.1, 0.15) is 5.56 Å². The molecule has 0 saturated carbocycles. The van der Waals surface area contributed by atoms with Crippen molar-refractivity contribution in [1.82, 2.24) is 4.57 Å². The normalized spacial score (nSPS) is 12.2. The molecule has 2 N–H and O–H groups in total. The Bertz CT molecular complexity index is 1650. The van der Waals surface area contributed by atoms with Gasteiger partial charge in [-0.15, -0.1) is 0 Å². The Labute approximate surface area is 217 Å². The van der Waals surface area contributed by atoms with Gasteiger partial charge in [0, 0.05) is 28.6 Å². The number of nitrogens with one attached hydrogen (secondary N) is 1. The Balaban J connectivity index is 1.54. The monoisotopic (exact) mass is 482 g/mol. The van der Waals surface area contributed by atoms with Crippen LogP contribution in [0.3, 0.4) is 0 Å². The highest BCUT2D eigenvalue weighted by Gasteiger charge is 2.23. The van der Waals surface area contributed by atoms with Crippen molar-refractivity contribution in [3.8, 4) is 22.4 Å². The summed E-state index contributed by atoms with van der Waals surface area (Å²) in [5, 5.41) is 18.3. The standard InChI is InChI=1S/C34H30N2O/c1-24-16-19-28(20-17-24)35-22-29(37)23-36-33(27-13-6-3-7-14-27)32(26-11-4-2-5-12-26)31-21-18-25-10-8-9-15-30(25)34(31)36/h2-21,29,35,37H,22-23H2,1H3/t29-/m1/s1. The quantitative estimate of drug-likeness (QED) is 0.243. The fourth-order valence-electron chi connectivity index (χ4n) is 5.28. The highest BCUT2D eigenvalue weighted by molar-refractivity contribution is 6.15. The summed E-state index contributed by atoms with van der Waals surface area (Å²) in [6.07, 6.45) is -0.582. The third kappa shape index (κ3) is 4.50. The number of benzene rings is 5. The number of hydrogen-bond donors (Lipinski definition) is 2. The molecule has 182 valence electrons. The topological polar surface area (TPSA) is 37.2 Å². The minimum Gasteiger partial charge on any atom is -0.389 e. The molecule has 6 aromatic rings. The lowest BCUT2D eigenvalue weighted by Crippen LogP contribution is -2.25. The van der Waals surface area contributed by atoms with Crippen LogP contribution in [0.4, 0.5) is 5.69 Å². The second-order valence-electron chi connectivity index (χ2n) is 9.65. The van der Waals surface area contributed by atoms with Crippen molar-refractivity contribution in [3.63, 3.8) is 0 Å². The Kier molecular flexibility index (Phi) is 6.21. The predicted molar refractivity (Wildman–Crippen MR) is 156 cm³/mol. The number of aryl methyl sites for hydroxylation is 1. The lowest BCUT2D eigenvalue weighted by molar-refractivity contribution is 0.169. The van der Waals surface area contributed by atoms with Crippen molar-refractivity contribution < 1.29 is 5.11 Å². The molecule has 0 unspecified atom stereocenters. The summed E-state index contributed by atoms with van der Waals surface area (Å²) in [5.41, 5.74) is 8.04. The fourth-order valence-corrected chi connectivity index (χ4v) is 5.28. The van der Waals surface area contributed by atoms with E-state index in [1.54, 1.807) is 0 Å². The Morgan fingerprint density at radius 1 is 0.676 bits per heavy atom. The smallest absolute Gasteiger partial charge is 0.0891 e. The molecule has 6 rings (SSSR count). The minimum absolute atomic E-state index is 0.461. The average molecular weight is 483 g/mol. The van der Waals surface area contributed by atoms with Gasteiger partial charge in [0.1, 0.15) is 0 Å². The summed E-state index contributed by atoms with van der Waals surface area (Å²) >= 11 is 0. The van der Waals surface area contributed by atoms with Crippen LogP contribution < -0.4 is 5.32 Å². The highest BCUT2D eigenvalue weighted by atomic mass is 16.3. The first-order chi connectivity index (χ1) is 18.2. The molecule has 0 amide bonds. The number of fused-ring (bicyclic) bond motifs is 3. The lowest BCUT2D eigenvalue weighted by atomic mass is 9.97. The number of anilines is 1. The lowest BCUT2D eigenvalue weighted by Gasteiger charge is -2.18. The van der Waals surface area contributed by atoms with Gasteiger partial charge in [-0.2, -0.15) is 0 Å². The van der Waals surface area contributed by atoms with Crippen LogP contribution in [0, 0.1) is 6.92 Å². The molecule has 0 radical (unpaired) electrons. The van der Waals surface area contributed by atoms with E-state index in [0.717, 1.165) is 22.5 Å². The summed E-state index contributed by atoms with van der Waals surface area (Å²) in [6.45, 7) is 3.01. The molecule has 0 spiro atoms. The van der Waals surface area contributed by atoms with E-state index in [1.807, 2.05) is 0 Å². The molecular weight excluding hydrogens is 452 g/mol. The third-order valence-corrected chi connectivity index (χ3v) is 7.04. The maximum Gasteiger partial charge on any atom is 0.0891 e. The SMILES string of the molecule is Cc1ccc(NC[C@@H](O)Cn2c(-c3ccccc3)c(-c3ccccc3)c3ccc4ccccc4c32)cc1. The molecule has 0 aliphatic heterocycles. The van der Waals surface area contributed by atoms with Crippen LogP contribution in [0.15, 0.2) is 121 Å². The van der Waals surface area contributed by atoms with Crippen LogP contribution in [0.5, 0.6) is 0 Å². The number of nitrogens with zero attached hydrogens (tertiary/aromatic N) is 1. The Hall–Kier alpha value is -4.34. The molecule has 0 bridgehead atoms. The second kappa shape index (κ2) is 9.96. The summed E-state index contributed by atoms with van der Waals surface area (Å²) in [6, 6.07) is 42.4. The van der Waals surface area contributed by atoms with Crippen LogP contribution in [-0.2, 0) is 6.54 Å². The largest absolute Gasteiger partial charge is 0.389 e. The zero-order chi connectivity index (χ0) is 25.2. The molecule has 3 heteroatoms. The Morgan fingerprint density at radius 2 is 1.32 bits per heavy atom. The highest BCUT2D eigenvalue weighted by Crippen LogP contribution is 2.43. The molecular formula is C34H30N2O. The minimum atomic E-state index is -0.582. The first-order valence-electron chi connectivity index (χ1n) is 12.8. The second-order valence-corrected chi connectivity index (χ2v) is 9.65. The van der Waals surface area contributed by atoms with E-state index >= 15 is 0 Å². The summed E-state index contributed by atoms with van der Waals surface area (Å²) in [4.78, 5) is 0. The molecule has 37 heavy (non-hydrogen) atoms. The van der Waals surface area contributed by atoms with E-state index < -0.39 is 6.10 Å². The molecule has 0 fully saturated rings. The zero-order valence-corrected chi connectivity index (χ0v) is 20.9. The first kappa shape index (κ1) is 23.1. The van der Waals surface area contributed by atoms with E-state index in [9.17, 15) is 5.11 Å². The van der Waals surface area contributed by atoms with Crippen molar-refractivity contribution >= 4 is 27.4 Å². The van der Waals surface area contributed by atoms with Crippen molar-refractivity contribution in [1.29, 1.82) is 0 Å². The van der Waals surface area contributed by atoms with Gasteiger partial charge in [-0.3, -0.25) is 0 Å². The van der Waals surface area contributed by atoms with E-state index in [4.69, 9.17) is 0 Å². The molecule has 5 aromatic carbocycles. The first-order valence-corrected chi connectivity index (χ1v) is 12.8. The van der Waals surface area contributed by atoms with Gasteiger partial charge in [-0.1, -0.05) is 115 Å².